The lowest BCUT2D eigenvalue weighted by Crippen LogP contribution is -2.27. The van der Waals surface area contributed by atoms with Crippen molar-refractivity contribution < 1.29 is 14.3 Å². The van der Waals surface area contributed by atoms with Crippen LogP contribution in [0.15, 0.2) is 17.0 Å². The summed E-state index contributed by atoms with van der Waals surface area (Å²) in [6.45, 7) is 4.69. The molecule has 0 saturated heterocycles. The number of carbonyl (C=O) groups is 1. The Morgan fingerprint density at radius 1 is 1.46 bits per heavy atom. The predicted molar refractivity (Wildman–Crippen MR) is 48.6 cm³/mol. The van der Waals surface area contributed by atoms with Crippen LogP contribution in [0.5, 0.6) is 0 Å². The maximum atomic E-state index is 11.3. The monoisotopic (exact) mass is 183 g/mol. The van der Waals surface area contributed by atoms with Crippen LogP contribution in [-0.2, 0) is 14.3 Å². The summed E-state index contributed by atoms with van der Waals surface area (Å²) in [4.78, 5) is 15.2. The number of ketones is 1. The molecule has 0 saturated carbocycles. The maximum absolute atomic E-state index is 11.3. The van der Waals surface area contributed by atoms with Gasteiger partial charge < -0.3 is 9.47 Å². The van der Waals surface area contributed by atoms with Gasteiger partial charge in [-0.3, -0.25) is 4.79 Å². The van der Waals surface area contributed by atoms with Gasteiger partial charge in [0.1, 0.15) is 0 Å². The van der Waals surface area contributed by atoms with Gasteiger partial charge in [-0.05, 0) is 13.8 Å². The molecule has 1 unspecified atom stereocenters. The van der Waals surface area contributed by atoms with Crippen molar-refractivity contribution in [1.29, 1.82) is 0 Å². The molecule has 4 nitrogen and oxygen atoms in total. The van der Waals surface area contributed by atoms with E-state index in [4.69, 9.17) is 9.47 Å². The van der Waals surface area contributed by atoms with E-state index in [1.807, 2.05) is 13.8 Å². The Morgan fingerprint density at radius 2 is 2.23 bits per heavy atom. The second-order valence-electron chi connectivity index (χ2n) is 2.47. The van der Waals surface area contributed by atoms with Gasteiger partial charge in [0.2, 0.25) is 5.88 Å². The number of carbonyl (C=O) groups excluding carboxylic acids is 1. The van der Waals surface area contributed by atoms with Crippen molar-refractivity contribution in [3.8, 4) is 0 Å². The molecule has 4 heteroatoms. The highest BCUT2D eigenvalue weighted by Crippen LogP contribution is 2.07. The van der Waals surface area contributed by atoms with Crippen LogP contribution in [0.4, 0.5) is 0 Å². The van der Waals surface area contributed by atoms with Gasteiger partial charge in [-0.15, -0.1) is 0 Å². The molecule has 1 atom stereocenters. The Balaban J connectivity index is 2.56. The lowest BCUT2D eigenvalue weighted by Gasteiger charge is -2.13. The molecule has 0 N–H and O–H groups in total. The van der Waals surface area contributed by atoms with Crippen molar-refractivity contribution in [2.24, 2.45) is 4.99 Å². The molecule has 0 spiro atoms. The van der Waals surface area contributed by atoms with Crippen molar-refractivity contribution >= 4 is 12.0 Å². The van der Waals surface area contributed by atoms with E-state index in [-0.39, 0.29) is 5.78 Å². The van der Waals surface area contributed by atoms with E-state index in [0.717, 1.165) is 0 Å². The summed E-state index contributed by atoms with van der Waals surface area (Å²) in [5.41, 5.74) is 0. The first-order valence-electron chi connectivity index (χ1n) is 4.32. The largest absolute Gasteiger partial charge is 0.478 e. The minimum Gasteiger partial charge on any atom is -0.478 e. The summed E-state index contributed by atoms with van der Waals surface area (Å²) in [6.07, 6.45) is 2.30. The van der Waals surface area contributed by atoms with Crippen LogP contribution >= 0.6 is 0 Å². The Morgan fingerprint density at radius 3 is 2.77 bits per heavy atom. The molecule has 1 aliphatic heterocycles. The second-order valence-corrected chi connectivity index (χ2v) is 2.47. The van der Waals surface area contributed by atoms with Crippen molar-refractivity contribution in [3.05, 3.63) is 12.0 Å². The predicted octanol–water partition coefficient (Wildman–Crippen LogP) is 0.923. The first-order chi connectivity index (χ1) is 6.27. The highest BCUT2D eigenvalue weighted by atomic mass is 16.5. The molecule has 1 rings (SSSR count). The van der Waals surface area contributed by atoms with Crippen LogP contribution < -0.4 is 0 Å². The molecule has 0 radical (unpaired) electrons. The zero-order valence-corrected chi connectivity index (χ0v) is 7.82. The van der Waals surface area contributed by atoms with Crippen LogP contribution in [-0.4, -0.2) is 31.3 Å². The average molecular weight is 183 g/mol. The van der Waals surface area contributed by atoms with Crippen molar-refractivity contribution in [2.75, 3.05) is 13.2 Å². The van der Waals surface area contributed by atoms with Crippen LogP contribution in [0.3, 0.4) is 0 Å². The molecular formula is C9H13NO3. The van der Waals surface area contributed by atoms with Gasteiger partial charge in [0.05, 0.1) is 6.61 Å². The number of aliphatic imine (C=N–C) groups is 1. The van der Waals surface area contributed by atoms with E-state index >= 15 is 0 Å². The van der Waals surface area contributed by atoms with Gasteiger partial charge >= 0.3 is 0 Å². The second kappa shape index (κ2) is 4.77. The molecule has 0 amide bonds. The molecule has 1 aliphatic rings. The standard InChI is InChI=1S/C9H13NO3/c1-3-12-8-6-10-9(13-4-2)5-7(8)11/h5-6,8H,3-4H2,1-2H3. The highest BCUT2D eigenvalue weighted by Gasteiger charge is 2.19. The zero-order valence-electron chi connectivity index (χ0n) is 7.82. The normalized spacial score (nSPS) is 21.5. The number of hydrogen-bond acceptors (Lipinski definition) is 4. The van der Waals surface area contributed by atoms with Crippen molar-refractivity contribution in [2.45, 2.75) is 20.0 Å². The molecule has 0 bridgehead atoms. The summed E-state index contributed by atoms with van der Waals surface area (Å²) in [5, 5.41) is 0. The molecule has 0 aliphatic carbocycles. The third-order valence-corrected chi connectivity index (χ3v) is 1.52. The molecule has 0 aromatic rings. The van der Waals surface area contributed by atoms with E-state index in [0.29, 0.717) is 19.1 Å². The Kier molecular flexibility index (Phi) is 3.64. The van der Waals surface area contributed by atoms with Crippen LogP contribution in [0, 0.1) is 0 Å². The van der Waals surface area contributed by atoms with Crippen LogP contribution in [0.1, 0.15) is 13.8 Å². The number of nitrogens with zero attached hydrogens (tertiary/aromatic N) is 1. The quantitative estimate of drug-likeness (QED) is 0.651. The highest BCUT2D eigenvalue weighted by molar-refractivity contribution is 6.06. The third-order valence-electron chi connectivity index (χ3n) is 1.52. The Bertz CT molecular complexity index is 245. The van der Waals surface area contributed by atoms with Gasteiger partial charge in [0, 0.05) is 18.9 Å². The molecule has 0 aromatic carbocycles. The zero-order chi connectivity index (χ0) is 9.68. The smallest absolute Gasteiger partial charge is 0.216 e. The molecule has 0 aromatic heterocycles. The molecular weight excluding hydrogens is 170 g/mol. The van der Waals surface area contributed by atoms with Crippen molar-refractivity contribution in [3.63, 3.8) is 0 Å². The Hall–Kier alpha value is -1.16. The van der Waals surface area contributed by atoms with Gasteiger partial charge in [0.25, 0.3) is 0 Å². The minimum absolute atomic E-state index is 0.111. The lowest BCUT2D eigenvalue weighted by atomic mass is 10.2. The van der Waals surface area contributed by atoms with Gasteiger partial charge in [-0.1, -0.05) is 0 Å². The molecule has 0 fully saturated rings. The van der Waals surface area contributed by atoms with E-state index in [9.17, 15) is 4.79 Å². The summed E-state index contributed by atoms with van der Waals surface area (Å²) in [6, 6.07) is 0. The van der Waals surface area contributed by atoms with E-state index in [2.05, 4.69) is 4.99 Å². The topological polar surface area (TPSA) is 47.9 Å². The summed E-state index contributed by atoms with van der Waals surface area (Å²) in [7, 11) is 0. The van der Waals surface area contributed by atoms with E-state index < -0.39 is 6.10 Å². The molecule has 13 heavy (non-hydrogen) atoms. The number of hydrogen-bond donors (Lipinski definition) is 0. The average Bonchev–Trinajstić information content (AvgIpc) is 2.10. The van der Waals surface area contributed by atoms with E-state index in [1.54, 1.807) is 0 Å². The van der Waals surface area contributed by atoms with Gasteiger partial charge in [-0.25, -0.2) is 4.99 Å². The minimum atomic E-state index is -0.533. The molecule has 72 valence electrons. The van der Waals surface area contributed by atoms with E-state index in [1.165, 1.54) is 12.3 Å². The van der Waals surface area contributed by atoms with Gasteiger partial charge in [-0.2, -0.15) is 0 Å². The fraction of sp³-hybridized carbons (Fsp3) is 0.556. The number of ether oxygens (including phenoxy) is 2. The van der Waals surface area contributed by atoms with Crippen LogP contribution in [0.25, 0.3) is 0 Å². The Labute approximate surface area is 77.2 Å². The lowest BCUT2D eigenvalue weighted by molar-refractivity contribution is -0.121. The first-order valence-corrected chi connectivity index (χ1v) is 4.32. The number of rotatable bonds is 4. The SMILES string of the molecule is CCOC1=CC(=O)C(OCC)C=N1. The summed E-state index contributed by atoms with van der Waals surface area (Å²) < 4.78 is 10.2. The first kappa shape index (κ1) is 9.92. The molecule has 1 heterocycles. The third kappa shape index (κ3) is 2.66. The van der Waals surface area contributed by atoms with Crippen molar-refractivity contribution in [1.82, 2.24) is 0 Å². The van der Waals surface area contributed by atoms with Crippen LogP contribution in [0.2, 0.25) is 0 Å². The summed E-state index contributed by atoms with van der Waals surface area (Å²) >= 11 is 0. The summed E-state index contributed by atoms with van der Waals surface area (Å²) in [5.74, 6) is 0.253. The maximum Gasteiger partial charge on any atom is 0.216 e. The van der Waals surface area contributed by atoms with Gasteiger partial charge in [0.15, 0.2) is 11.9 Å². The fourth-order valence-corrected chi connectivity index (χ4v) is 0.987. The fourth-order valence-electron chi connectivity index (χ4n) is 0.987.